The molecule has 0 aliphatic carbocycles. The Balaban J connectivity index is 1.76. The van der Waals surface area contributed by atoms with Crippen LogP contribution in [0, 0.1) is 6.92 Å². The first kappa shape index (κ1) is 17.6. The van der Waals surface area contributed by atoms with E-state index in [1.165, 1.54) is 30.5 Å². The Bertz CT molecular complexity index is 495. The number of nitrogens with zero attached hydrogens (tertiary/aromatic N) is 2. The van der Waals surface area contributed by atoms with Crippen LogP contribution in [0.15, 0.2) is 24.3 Å². The quantitative estimate of drug-likeness (QED) is 0.810. The Hall–Kier alpha value is -1.71. The standard InChI is InChI=1S/C19H31N3O/c1-4-5-6-9-17(3)20-19(23)22-13-11-21(12-14-22)18-10-7-8-16(2)15-18/h7-8,10,15,17H,4-6,9,11-14H2,1-3H3,(H,20,23). The van der Waals surface area contributed by atoms with Crippen LogP contribution in [-0.2, 0) is 0 Å². The van der Waals surface area contributed by atoms with Gasteiger partial charge in [-0.05, 0) is 38.0 Å². The Morgan fingerprint density at radius 1 is 1.22 bits per heavy atom. The smallest absolute Gasteiger partial charge is 0.317 e. The van der Waals surface area contributed by atoms with E-state index >= 15 is 0 Å². The minimum Gasteiger partial charge on any atom is -0.368 e. The number of piperazine rings is 1. The number of benzene rings is 1. The molecule has 1 unspecified atom stereocenters. The zero-order valence-electron chi connectivity index (χ0n) is 14.8. The van der Waals surface area contributed by atoms with E-state index in [1.54, 1.807) is 0 Å². The average Bonchev–Trinajstić information content (AvgIpc) is 2.55. The van der Waals surface area contributed by atoms with Crippen molar-refractivity contribution in [2.75, 3.05) is 31.1 Å². The van der Waals surface area contributed by atoms with Gasteiger partial charge < -0.3 is 15.1 Å². The van der Waals surface area contributed by atoms with E-state index in [0.717, 1.165) is 32.6 Å². The number of anilines is 1. The summed E-state index contributed by atoms with van der Waals surface area (Å²) in [6.07, 6.45) is 4.74. The van der Waals surface area contributed by atoms with Crippen LogP contribution in [0.25, 0.3) is 0 Å². The second kappa shape index (κ2) is 8.80. The summed E-state index contributed by atoms with van der Waals surface area (Å²) in [5.74, 6) is 0. The number of aryl methyl sites for hydroxylation is 1. The molecule has 0 spiro atoms. The molecule has 1 aliphatic heterocycles. The van der Waals surface area contributed by atoms with Crippen molar-refractivity contribution in [3.05, 3.63) is 29.8 Å². The lowest BCUT2D eigenvalue weighted by molar-refractivity contribution is 0.190. The zero-order valence-corrected chi connectivity index (χ0v) is 14.8. The fraction of sp³-hybridized carbons (Fsp3) is 0.632. The maximum Gasteiger partial charge on any atom is 0.317 e. The number of carbonyl (C=O) groups excluding carboxylic acids is 1. The molecule has 128 valence electrons. The Morgan fingerprint density at radius 2 is 1.96 bits per heavy atom. The number of hydrogen-bond acceptors (Lipinski definition) is 2. The third kappa shape index (κ3) is 5.45. The first-order valence-electron chi connectivity index (χ1n) is 8.97. The molecule has 1 heterocycles. The highest BCUT2D eigenvalue weighted by atomic mass is 16.2. The lowest BCUT2D eigenvalue weighted by Gasteiger charge is -2.36. The number of urea groups is 1. The summed E-state index contributed by atoms with van der Waals surface area (Å²) >= 11 is 0. The summed E-state index contributed by atoms with van der Waals surface area (Å²) in [6.45, 7) is 9.83. The van der Waals surface area contributed by atoms with Gasteiger partial charge in [0.15, 0.2) is 0 Å². The molecule has 1 fully saturated rings. The van der Waals surface area contributed by atoms with Gasteiger partial charge in [0.25, 0.3) is 0 Å². The van der Waals surface area contributed by atoms with Crippen molar-refractivity contribution in [3.8, 4) is 0 Å². The molecule has 23 heavy (non-hydrogen) atoms. The van der Waals surface area contributed by atoms with Crippen molar-refractivity contribution in [2.45, 2.75) is 52.5 Å². The van der Waals surface area contributed by atoms with Gasteiger partial charge in [-0.2, -0.15) is 0 Å². The summed E-state index contributed by atoms with van der Waals surface area (Å²) in [6, 6.07) is 8.94. The highest BCUT2D eigenvalue weighted by Gasteiger charge is 2.22. The van der Waals surface area contributed by atoms with E-state index < -0.39 is 0 Å². The molecule has 4 nitrogen and oxygen atoms in total. The van der Waals surface area contributed by atoms with E-state index in [4.69, 9.17) is 0 Å². The number of rotatable bonds is 6. The van der Waals surface area contributed by atoms with Crippen LogP contribution in [-0.4, -0.2) is 43.2 Å². The van der Waals surface area contributed by atoms with Gasteiger partial charge in [-0.15, -0.1) is 0 Å². The van der Waals surface area contributed by atoms with Crippen LogP contribution in [0.1, 0.15) is 45.1 Å². The van der Waals surface area contributed by atoms with E-state index in [0.29, 0.717) is 0 Å². The summed E-state index contributed by atoms with van der Waals surface area (Å²) in [5.41, 5.74) is 2.54. The average molecular weight is 317 g/mol. The highest BCUT2D eigenvalue weighted by Crippen LogP contribution is 2.17. The highest BCUT2D eigenvalue weighted by molar-refractivity contribution is 5.74. The summed E-state index contributed by atoms with van der Waals surface area (Å²) in [4.78, 5) is 16.6. The maximum atomic E-state index is 12.3. The van der Waals surface area contributed by atoms with Crippen molar-refractivity contribution in [3.63, 3.8) is 0 Å². The van der Waals surface area contributed by atoms with Gasteiger partial charge in [0, 0.05) is 37.9 Å². The molecular weight excluding hydrogens is 286 g/mol. The van der Waals surface area contributed by atoms with Gasteiger partial charge in [-0.1, -0.05) is 38.3 Å². The minimum absolute atomic E-state index is 0.0953. The number of unbranched alkanes of at least 4 members (excludes halogenated alkanes) is 2. The molecule has 0 aromatic heterocycles. The van der Waals surface area contributed by atoms with E-state index in [-0.39, 0.29) is 12.1 Å². The monoisotopic (exact) mass is 317 g/mol. The number of amides is 2. The lowest BCUT2D eigenvalue weighted by Crippen LogP contribution is -2.53. The van der Waals surface area contributed by atoms with E-state index in [9.17, 15) is 4.79 Å². The maximum absolute atomic E-state index is 12.3. The summed E-state index contributed by atoms with van der Waals surface area (Å²) in [5, 5.41) is 3.14. The van der Waals surface area contributed by atoms with Gasteiger partial charge >= 0.3 is 6.03 Å². The second-order valence-electron chi connectivity index (χ2n) is 6.66. The third-order valence-electron chi connectivity index (χ3n) is 4.54. The van der Waals surface area contributed by atoms with Crippen LogP contribution in [0.4, 0.5) is 10.5 Å². The molecule has 1 N–H and O–H groups in total. The molecule has 2 amide bonds. The van der Waals surface area contributed by atoms with Crippen LogP contribution < -0.4 is 10.2 Å². The van der Waals surface area contributed by atoms with Crippen LogP contribution in [0.3, 0.4) is 0 Å². The molecule has 1 saturated heterocycles. The van der Waals surface area contributed by atoms with Crippen LogP contribution in [0.2, 0.25) is 0 Å². The first-order valence-corrected chi connectivity index (χ1v) is 8.97. The molecule has 1 aliphatic rings. The predicted octanol–water partition coefficient (Wildman–Crippen LogP) is 3.80. The predicted molar refractivity (Wildman–Crippen MR) is 97.1 cm³/mol. The largest absolute Gasteiger partial charge is 0.368 e. The minimum atomic E-state index is 0.0953. The molecule has 2 rings (SSSR count). The molecule has 0 radical (unpaired) electrons. The lowest BCUT2D eigenvalue weighted by atomic mass is 10.1. The van der Waals surface area contributed by atoms with E-state index in [2.05, 4.69) is 55.3 Å². The number of carbonyl (C=O) groups is 1. The van der Waals surface area contributed by atoms with Gasteiger partial charge in [-0.25, -0.2) is 4.79 Å². The Kier molecular flexibility index (Phi) is 6.75. The van der Waals surface area contributed by atoms with Crippen molar-refractivity contribution in [1.82, 2.24) is 10.2 Å². The number of hydrogen-bond donors (Lipinski definition) is 1. The van der Waals surface area contributed by atoms with Crippen molar-refractivity contribution < 1.29 is 4.79 Å². The summed E-state index contributed by atoms with van der Waals surface area (Å²) < 4.78 is 0. The molecule has 0 saturated carbocycles. The van der Waals surface area contributed by atoms with E-state index in [1.807, 2.05) is 4.90 Å². The fourth-order valence-electron chi connectivity index (χ4n) is 3.07. The van der Waals surface area contributed by atoms with Gasteiger partial charge in [-0.3, -0.25) is 0 Å². The first-order chi connectivity index (χ1) is 11.1. The van der Waals surface area contributed by atoms with Gasteiger partial charge in [0.05, 0.1) is 0 Å². The Labute approximate surface area is 140 Å². The number of nitrogens with one attached hydrogen (secondary N) is 1. The van der Waals surface area contributed by atoms with Crippen molar-refractivity contribution >= 4 is 11.7 Å². The van der Waals surface area contributed by atoms with Crippen molar-refractivity contribution in [1.29, 1.82) is 0 Å². The fourth-order valence-corrected chi connectivity index (χ4v) is 3.07. The molecule has 1 aromatic rings. The molecule has 1 aromatic carbocycles. The van der Waals surface area contributed by atoms with Crippen molar-refractivity contribution in [2.24, 2.45) is 0 Å². The van der Waals surface area contributed by atoms with Crippen LogP contribution >= 0.6 is 0 Å². The Morgan fingerprint density at radius 3 is 2.61 bits per heavy atom. The molecule has 0 bridgehead atoms. The zero-order chi connectivity index (χ0) is 16.7. The van der Waals surface area contributed by atoms with Gasteiger partial charge in [0.2, 0.25) is 0 Å². The topological polar surface area (TPSA) is 35.6 Å². The second-order valence-corrected chi connectivity index (χ2v) is 6.66. The van der Waals surface area contributed by atoms with Crippen LogP contribution in [0.5, 0.6) is 0 Å². The normalized spacial score (nSPS) is 16.3. The van der Waals surface area contributed by atoms with Gasteiger partial charge in [0.1, 0.15) is 0 Å². The SMILES string of the molecule is CCCCCC(C)NC(=O)N1CCN(c2cccc(C)c2)CC1. The molecular formula is C19H31N3O. The summed E-state index contributed by atoms with van der Waals surface area (Å²) in [7, 11) is 0. The third-order valence-corrected chi connectivity index (χ3v) is 4.54. The molecule has 4 heteroatoms. The molecule has 1 atom stereocenters.